The van der Waals surface area contributed by atoms with Gasteiger partial charge in [-0.3, -0.25) is 9.78 Å². The summed E-state index contributed by atoms with van der Waals surface area (Å²) in [6.45, 7) is 4.49. The number of aromatic nitrogens is 1. The van der Waals surface area contributed by atoms with Crippen LogP contribution in [0.2, 0.25) is 0 Å². The number of hydrogen-bond donors (Lipinski definition) is 2. The average Bonchev–Trinajstić information content (AvgIpc) is 2.73. The molecule has 0 spiro atoms. The highest BCUT2D eigenvalue weighted by atomic mass is 16.5. The van der Waals surface area contributed by atoms with Crippen LogP contribution in [-0.2, 0) is 11.3 Å². The van der Waals surface area contributed by atoms with E-state index in [0.29, 0.717) is 30.1 Å². The number of hydrogen-bond acceptors (Lipinski definition) is 5. The van der Waals surface area contributed by atoms with Gasteiger partial charge in [0.15, 0.2) is 0 Å². The van der Waals surface area contributed by atoms with Gasteiger partial charge in [-0.15, -0.1) is 0 Å². The molecule has 1 heterocycles. The van der Waals surface area contributed by atoms with E-state index in [4.69, 9.17) is 4.74 Å². The number of pyridine rings is 1. The van der Waals surface area contributed by atoms with Gasteiger partial charge in [0.1, 0.15) is 5.69 Å². The first-order valence-electron chi connectivity index (χ1n) is 9.40. The van der Waals surface area contributed by atoms with E-state index in [1.807, 2.05) is 37.3 Å². The van der Waals surface area contributed by atoms with Gasteiger partial charge in [0.2, 0.25) is 0 Å². The number of carbonyl (C=O) groups excluding carboxylic acids is 2. The molecule has 0 saturated heterocycles. The predicted octanol–water partition coefficient (Wildman–Crippen LogP) is 4.24. The van der Waals surface area contributed by atoms with Crippen molar-refractivity contribution >= 4 is 23.3 Å². The van der Waals surface area contributed by atoms with Crippen LogP contribution in [0.15, 0.2) is 66.9 Å². The first-order valence-corrected chi connectivity index (χ1v) is 9.40. The molecule has 0 atom stereocenters. The number of esters is 1. The topological polar surface area (TPSA) is 80.3 Å². The Kier molecular flexibility index (Phi) is 6.58. The Labute approximate surface area is 169 Å². The highest BCUT2D eigenvalue weighted by molar-refractivity contribution is 5.97. The monoisotopic (exact) mass is 389 g/mol. The molecule has 0 aliphatic carbocycles. The highest BCUT2D eigenvalue weighted by Crippen LogP contribution is 2.22. The largest absolute Gasteiger partial charge is 0.462 e. The van der Waals surface area contributed by atoms with Gasteiger partial charge in [-0.2, -0.15) is 0 Å². The van der Waals surface area contributed by atoms with Crippen LogP contribution in [0.1, 0.15) is 38.9 Å². The van der Waals surface area contributed by atoms with Crippen molar-refractivity contribution in [3.63, 3.8) is 0 Å². The van der Waals surface area contributed by atoms with Crippen molar-refractivity contribution in [2.24, 2.45) is 0 Å². The maximum Gasteiger partial charge on any atom is 0.340 e. The number of benzene rings is 2. The van der Waals surface area contributed by atoms with Gasteiger partial charge in [0.05, 0.1) is 17.9 Å². The fourth-order valence-corrected chi connectivity index (χ4v) is 2.86. The number of amides is 1. The third kappa shape index (κ3) is 5.42. The summed E-state index contributed by atoms with van der Waals surface area (Å²) in [5.41, 5.74) is 4.13. The smallest absolute Gasteiger partial charge is 0.340 e. The van der Waals surface area contributed by atoms with Crippen LogP contribution in [0.5, 0.6) is 0 Å². The molecule has 0 aliphatic rings. The first kappa shape index (κ1) is 20.1. The quantitative estimate of drug-likeness (QED) is 0.591. The molecule has 6 heteroatoms. The summed E-state index contributed by atoms with van der Waals surface area (Å²) in [5, 5.41) is 6.04. The van der Waals surface area contributed by atoms with Crippen LogP contribution in [0.25, 0.3) is 0 Å². The molecule has 6 nitrogen and oxygen atoms in total. The Morgan fingerprint density at radius 2 is 1.86 bits per heavy atom. The number of nitrogens with one attached hydrogen (secondary N) is 2. The van der Waals surface area contributed by atoms with E-state index in [1.165, 1.54) is 0 Å². The van der Waals surface area contributed by atoms with Gasteiger partial charge in [0, 0.05) is 18.4 Å². The molecule has 1 aromatic heterocycles. The van der Waals surface area contributed by atoms with Crippen LogP contribution < -0.4 is 10.6 Å². The lowest BCUT2D eigenvalue weighted by Gasteiger charge is -2.12. The zero-order chi connectivity index (χ0) is 20.6. The molecular formula is C23H23N3O3. The lowest BCUT2D eigenvalue weighted by molar-refractivity contribution is 0.0527. The van der Waals surface area contributed by atoms with Crippen LogP contribution >= 0.6 is 0 Å². The third-order valence-electron chi connectivity index (χ3n) is 4.23. The lowest BCUT2D eigenvalue weighted by atomic mass is 10.1. The molecular weight excluding hydrogens is 366 g/mol. The van der Waals surface area contributed by atoms with Gasteiger partial charge >= 0.3 is 5.97 Å². The Balaban J connectivity index is 1.71. The number of carbonyl (C=O) groups is 2. The van der Waals surface area contributed by atoms with Gasteiger partial charge in [0.25, 0.3) is 5.91 Å². The Hall–Kier alpha value is -3.67. The predicted molar refractivity (Wildman–Crippen MR) is 112 cm³/mol. The first-order chi connectivity index (χ1) is 14.1. The standard InChI is InChI=1S/C23H23N3O3/c1-3-29-23(28)19-9-4-5-10-20(19)26-18-11-12-24-21(14-18)22(27)25-15-17-8-6-7-16(2)13-17/h4-14H,3,15H2,1-2H3,(H,24,26)(H,25,27). The summed E-state index contributed by atoms with van der Waals surface area (Å²) in [6.07, 6.45) is 1.55. The van der Waals surface area contributed by atoms with Crippen molar-refractivity contribution in [3.8, 4) is 0 Å². The Morgan fingerprint density at radius 1 is 1.03 bits per heavy atom. The second kappa shape index (κ2) is 9.50. The summed E-state index contributed by atoms with van der Waals surface area (Å²) in [6, 6.07) is 18.4. The molecule has 29 heavy (non-hydrogen) atoms. The van der Waals surface area contributed by atoms with Crippen molar-refractivity contribution in [2.45, 2.75) is 20.4 Å². The Morgan fingerprint density at radius 3 is 2.66 bits per heavy atom. The number of ether oxygens (including phenoxy) is 1. The van der Waals surface area contributed by atoms with Gasteiger partial charge in [-0.25, -0.2) is 4.79 Å². The zero-order valence-corrected chi connectivity index (χ0v) is 16.4. The minimum absolute atomic E-state index is 0.270. The molecule has 0 saturated carbocycles. The number of aryl methyl sites for hydroxylation is 1. The Bertz CT molecular complexity index is 1020. The molecule has 3 aromatic rings. The zero-order valence-electron chi connectivity index (χ0n) is 16.4. The minimum atomic E-state index is -0.402. The van der Waals surface area contributed by atoms with Crippen molar-refractivity contribution in [1.29, 1.82) is 0 Å². The van der Waals surface area contributed by atoms with Gasteiger partial charge in [-0.1, -0.05) is 42.0 Å². The van der Waals surface area contributed by atoms with E-state index in [-0.39, 0.29) is 11.6 Å². The van der Waals surface area contributed by atoms with Gasteiger partial charge < -0.3 is 15.4 Å². The SMILES string of the molecule is CCOC(=O)c1ccccc1Nc1ccnc(C(=O)NCc2cccc(C)c2)c1. The van der Waals surface area contributed by atoms with E-state index < -0.39 is 5.97 Å². The normalized spacial score (nSPS) is 10.3. The molecule has 0 radical (unpaired) electrons. The molecule has 148 valence electrons. The van der Waals surface area contributed by atoms with Crippen LogP contribution in [0.3, 0.4) is 0 Å². The van der Waals surface area contributed by atoms with E-state index in [9.17, 15) is 9.59 Å². The number of para-hydroxylation sites is 1. The second-order valence-electron chi connectivity index (χ2n) is 6.49. The summed E-state index contributed by atoms with van der Waals surface area (Å²) in [4.78, 5) is 28.8. The fraction of sp³-hybridized carbons (Fsp3) is 0.174. The molecule has 0 bridgehead atoms. The molecule has 2 N–H and O–H groups in total. The maximum absolute atomic E-state index is 12.5. The van der Waals surface area contributed by atoms with Crippen LogP contribution in [0.4, 0.5) is 11.4 Å². The highest BCUT2D eigenvalue weighted by Gasteiger charge is 2.13. The van der Waals surface area contributed by atoms with Crippen molar-refractivity contribution in [2.75, 3.05) is 11.9 Å². The van der Waals surface area contributed by atoms with Gasteiger partial charge in [-0.05, 0) is 43.7 Å². The lowest BCUT2D eigenvalue weighted by Crippen LogP contribution is -2.23. The van der Waals surface area contributed by atoms with Crippen molar-refractivity contribution in [3.05, 3.63) is 89.2 Å². The van der Waals surface area contributed by atoms with Crippen molar-refractivity contribution in [1.82, 2.24) is 10.3 Å². The molecule has 0 aliphatic heterocycles. The molecule has 0 unspecified atom stereocenters. The molecule has 0 fully saturated rings. The van der Waals surface area contributed by atoms with E-state index in [0.717, 1.165) is 11.1 Å². The average molecular weight is 389 g/mol. The van der Waals surface area contributed by atoms with Crippen molar-refractivity contribution < 1.29 is 14.3 Å². The molecule has 2 aromatic carbocycles. The maximum atomic E-state index is 12.5. The number of anilines is 2. The number of rotatable bonds is 7. The summed E-state index contributed by atoms with van der Waals surface area (Å²) < 4.78 is 5.10. The number of nitrogens with zero attached hydrogens (tertiary/aromatic N) is 1. The van der Waals surface area contributed by atoms with Crippen LogP contribution in [0, 0.1) is 6.92 Å². The second-order valence-corrected chi connectivity index (χ2v) is 6.49. The fourth-order valence-electron chi connectivity index (χ4n) is 2.86. The van der Waals surface area contributed by atoms with E-state index in [1.54, 1.807) is 43.5 Å². The third-order valence-corrected chi connectivity index (χ3v) is 4.23. The van der Waals surface area contributed by atoms with E-state index >= 15 is 0 Å². The summed E-state index contributed by atoms with van der Waals surface area (Å²) >= 11 is 0. The van der Waals surface area contributed by atoms with E-state index in [2.05, 4.69) is 15.6 Å². The minimum Gasteiger partial charge on any atom is -0.462 e. The molecule has 1 amide bonds. The summed E-state index contributed by atoms with van der Waals surface area (Å²) in [5.74, 6) is -0.672. The van der Waals surface area contributed by atoms with Crippen LogP contribution in [-0.4, -0.2) is 23.5 Å². The summed E-state index contributed by atoms with van der Waals surface area (Å²) in [7, 11) is 0. The molecule has 3 rings (SSSR count).